The molecule has 0 aliphatic carbocycles. The Labute approximate surface area is 254 Å². The highest BCUT2D eigenvalue weighted by atomic mass is 32.2. The predicted octanol–water partition coefficient (Wildman–Crippen LogP) is -0.485. The monoisotopic (exact) mass is 670 g/mol. The third-order valence-corrected chi connectivity index (χ3v) is 7.86. The number of esters is 1. The fourth-order valence-electron chi connectivity index (χ4n) is 3.83. The van der Waals surface area contributed by atoms with Crippen LogP contribution in [-0.4, -0.2) is 95.2 Å². The number of aromatic nitrogens is 3. The van der Waals surface area contributed by atoms with Crippen molar-refractivity contribution in [1.82, 2.24) is 19.2 Å². The number of anilines is 1. The summed E-state index contributed by atoms with van der Waals surface area (Å²) in [6.45, 7) is 1.40. The van der Waals surface area contributed by atoms with E-state index in [0.29, 0.717) is 10.9 Å². The van der Waals surface area contributed by atoms with Gasteiger partial charge in [0.25, 0.3) is 0 Å². The molecule has 0 saturated carbocycles. The molecule has 0 aromatic carbocycles. The number of β-lactam (4-membered cyclic amide) rings is 1. The van der Waals surface area contributed by atoms with E-state index in [-0.39, 0.29) is 26.5 Å². The lowest BCUT2D eigenvalue weighted by Gasteiger charge is -2.43. The maximum Gasteiger partial charge on any atom is 0.377 e. The Kier molecular flexibility index (Phi) is 8.66. The van der Waals surface area contributed by atoms with E-state index in [9.17, 15) is 52.4 Å². The average molecular weight is 671 g/mol. The number of carbonyl (C=O) groups excluding carboxylic acids is 3. The lowest BCUT2D eigenvalue weighted by Crippen LogP contribution is -2.65. The molecule has 0 bridgehead atoms. The molecule has 4 heterocycles. The minimum Gasteiger partial charge on any atom is -0.503 e. The first-order valence-corrected chi connectivity index (χ1v) is 14.5. The normalized spacial score (nSPS) is 17.1. The van der Waals surface area contributed by atoms with E-state index in [1.807, 2.05) is 0 Å². The van der Waals surface area contributed by atoms with E-state index in [1.54, 1.807) is 0 Å². The second-order valence-corrected chi connectivity index (χ2v) is 11.9. The number of nitrogens with zero attached hydrogens (tertiary/aromatic N) is 5. The number of nitrogens with two attached hydrogens (primary N) is 1. The number of aromatic hydroxyl groups is 1. The van der Waals surface area contributed by atoms with Gasteiger partial charge in [-0.15, -0.1) is 11.3 Å². The standard InChI is InChI=1S/C23H22N6O14S2/c1-23(2,21(35)36)43-27-18(11-8-44-22(24)25-11)15(31)3-9-13(29(19(9)33)45(38,39)40)7-41-20(34)17-4-10(26-42-17)12-5-14(30)16(32)6-28(12)37/h4-6,8-9,13,32,37H,3,7H2,1-2H3,(H2,24,25)(H,35,36)(H,38,39,40)/b27-18-/t9-,13+/m0/s1. The Hall–Kier alpha value is -5.35. The number of carbonyl (C=O) groups is 4. The number of carboxylic acids is 1. The molecule has 4 rings (SSSR count). The van der Waals surface area contributed by atoms with E-state index < -0.39 is 87.2 Å². The van der Waals surface area contributed by atoms with Gasteiger partial charge in [0.15, 0.2) is 22.4 Å². The van der Waals surface area contributed by atoms with Crippen molar-refractivity contribution in [2.75, 3.05) is 12.3 Å². The highest BCUT2D eigenvalue weighted by Crippen LogP contribution is 2.33. The van der Waals surface area contributed by atoms with Crippen LogP contribution in [0, 0.1) is 5.92 Å². The molecule has 2 atom stereocenters. The van der Waals surface area contributed by atoms with Gasteiger partial charge in [-0.2, -0.15) is 13.1 Å². The molecule has 20 nitrogen and oxygen atoms in total. The quantitative estimate of drug-likeness (QED) is 0.0405. The van der Waals surface area contributed by atoms with Crippen LogP contribution in [0.4, 0.5) is 5.13 Å². The first-order chi connectivity index (χ1) is 20.9. The molecule has 0 spiro atoms. The summed E-state index contributed by atoms with van der Waals surface area (Å²) in [7, 11) is -5.18. The van der Waals surface area contributed by atoms with Crippen molar-refractivity contribution in [3.8, 4) is 17.1 Å². The second kappa shape index (κ2) is 12.0. The van der Waals surface area contributed by atoms with Crippen LogP contribution >= 0.6 is 11.3 Å². The summed E-state index contributed by atoms with van der Waals surface area (Å²) >= 11 is 0.906. The van der Waals surface area contributed by atoms with Gasteiger partial charge in [0, 0.05) is 23.9 Å². The van der Waals surface area contributed by atoms with Gasteiger partial charge in [-0.3, -0.25) is 18.9 Å². The van der Waals surface area contributed by atoms with Gasteiger partial charge in [0.2, 0.25) is 22.7 Å². The largest absolute Gasteiger partial charge is 0.503 e. The van der Waals surface area contributed by atoms with E-state index in [1.165, 1.54) is 5.38 Å². The van der Waals surface area contributed by atoms with Crippen molar-refractivity contribution >= 4 is 56.1 Å². The Morgan fingerprint density at radius 2 is 1.93 bits per heavy atom. The summed E-state index contributed by atoms with van der Waals surface area (Å²) in [5.41, 5.74) is 1.64. The van der Waals surface area contributed by atoms with Gasteiger partial charge in [-0.05, 0) is 13.8 Å². The maximum absolute atomic E-state index is 13.3. The molecular formula is C23H22N6O14S2. The molecule has 3 aromatic rings. The van der Waals surface area contributed by atoms with Gasteiger partial charge in [-0.25, -0.2) is 18.9 Å². The molecule has 1 amide bonds. The number of hydrogen-bond acceptors (Lipinski definition) is 17. The zero-order valence-corrected chi connectivity index (χ0v) is 24.5. The van der Waals surface area contributed by atoms with Crippen molar-refractivity contribution < 1.29 is 61.7 Å². The molecular weight excluding hydrogens is 648 g/mol. The molecule has 22 heteroatoms. The number of rotatable bonds is 12. The molecule has 45 heavy (non-hydrogen) atoms. The summed E-state index contributed by atoms with van der Waals surface area (Å²) < 4.78 is 43.5. The SMILES string of the molecule is CC(C)(O/N=C(\C(=O)C[C@@H]1C(=O)N(S(=O)(=O)O)[C@@H]1COC(=O)c1cc(-c2cc(=O)c(O)cn2O)no1)c1csc(N)n1)C(=O)O. The van der Waals surface area contributed by atoms with Gasteiger partial charge < -0.3 is 35.3 Å². The van der Waals surface area contributed by atoms with E-state index >= 15 is 0 Å². The van der Waals surface area contributed by atoms with Crippen molar-refractivity contribution in [1.29, 1.82) is 0 Å². The number of hydrogen-bond donors (Lipinski definition) is 5. The van der Waals surface area contributed by atoms with Crippen LogP contribution in [0.1, 0.15) is 36.5 Å². The maximum atomic E-state index is 13.3. The van der Waals surface area contributed by atoms with Gasteiger partial charge >= 0.3 is 22.2 Å². The minimum atomic E-state index is -5.18. The number of thiazole rings is 1. The van der Waals surface area contributed by atoms with Crippen LogP contribution in [0.15, 0.2) is 38.2 Å². The Morgan fingerprint density at radius 3 is 2.53 bits per heavy atom. The number of amides is 1. The van der Waals surface area contributed by atoms with Gasteiger partial charge in [0.05, 0.1) is 18.2 Å². The van der Waals surface area contributed by atoms with E-state index in [0.717, 1.165) is 37.3 Å². The Bertz CT molecular complexity index is 1890. The van der Waals surface area contributed by atoms with Gasteiger partial charge in [0.1, 0.15) is 23.7 Å². The lowest BCUT2D eigenvalue weighted by atomic mass is 9.85. The summed E-state index contributed by atoms with van der Waals surface area (Å²) in [6.07, 6.45) is -0.108. The van der Waals surface area contributed by atoms with Crippen LogP contribution in [0.25, 0.3) is 11.4 Å². The van der Waals surface area contributed by atoms with Crippen molar-refractivity contribution in [3.05, 3.63) is 45.4 Å². The fourth-order valence-corrected chi connectivity index (χ4v) is 5.29. The van der Waals surface area contributed by atoms with E-state index in [4.69, 9.17) is 19.8 Å². The number of nitrogen functional groups attached to an aromatic ring is 1. The summed E-state index contributed by atoms with van der Waals surface area (Å²) in [4.78, 5) is 70.6. The minimum absolute atomic E-state index is 0.00732. The molecule has 0 radical (unpaired) electrons. The third kappa shape index (κ3) is 6.76. The topological polar surface area (TPSA) is 304 Å². The van der Waals surface area contributed by atoms with Crippen molar-refractivity contribution in [2.45, 2.75) is 31.9 Å². The Morgan fingerprint density at radius 1 is 1.24 bits per heavy atom. The van der Waals surface area contributed by atoms with Crippen LogP contribution in [0.5, 0.6) is 5.75 Å². The van der Waals surface area contributed by atoms with Gasteiger partial charge in [-0.1, -0.05) is 10.3 Å². The molecule has 0 unspecified atom stereocenters. The first kappa shape index (κ1) is 32.6. The number of ether oxygens (including phenoxy) is 1. The van der Waals surface area contributed by atoms with Crippen LogP contribution in [0.2, 0.25) is 0 Å². The second-order valence-electron chi connectivity index (χ2n) is 9.76. The summed E-state index contributed by atoms with van der Waals surface area (Å²) in [5, 5.41) is 37.0. The molecule has 1 aliphatic rings. The number of aliphatic carboxylic acids is 1. The smallest absolute Gasteiger partial charge is 0.377 e. The molecule has 3 aromatic heterocycles. The summed E-state index contributed by atoms with van der Waals surface area (Å²) in [5.74, 6) is -7.75. The zero-order valence-electron chi connectivity index (χ0n) is 22.9. The predicted molar refractivity (Wildman–Crippen MR) is 146 cm³/mol. The summed E-state index contributed by atoms with van der Waals surface area (Å²) in [6, 6.07) is 0.134. The number of ketones is 1. The average Bonchev–Trinajstić information content (AvgIpc) is 3.60. The molecule has 240 valence electrons. The number of Topliss-reactive ketones (excluding diaryl/α,β-unsaturated/α-hetero) is 1. The van der Waals surface area contributed by atoms with Crippen LogP contribution in [-0.2, 0) is 34.3 Å². The Balaban J connectivity index is 1.54. The number of oxime groups is 1. The highest BCUT2D eigenvalue weighted by molar-refractivity contribution is 7.84. The van der Waals surface area contributed by atoms with Crippen LogP contribution in [0.3, 0.4) is 0 Å². The molecule has 1 fully saturated rings. The lowest BCUT2D eigenvalue weighted by molar-refractivity contribution is -0.161. The molecule has 1 aliphatic heterocycles. The fraction of sp³-hybridized carbons (Fsp3) is 0.304. The van der Waals surface area contributed by atoms with Crippen molar-refractivity contribution in [2.24, 2.45) is 11.1 Å². The molecule has 1 saturated heterocycles. The molecule has 6 N–H and O–H groups in total. The zero-order chi connectivity index (χ0) is 33.4. The van der Waals surface area contributed by atoms with E-state index in [2.05, 4.69) is 15.3 Å². The van der Waals surface area contributed by atoms with Crippen molar-refractivity contribution in [3.63, 3.8) is 0 Å². The number of pyridine rings is 1. The third-order valence-electron chi connectivity index (χ3n) is 6.23. The first-order valence-electron chi connectivity index (χ1n) is 12.2. The highest BCUT2D eigenvalue weighted by Gasteiger charge is 2.54. The van der Waals surface area contributed by atoms with Crippen LogP contribution < -0.4 is 11.2 Å². The number of carboxylic acid groups (broad SMARTS) is 1.